The Balaban J connectivity index is 2.15. The summed E-state index contributed by atoms with van der Waals surface area (Å²) in [5, 5.41) is 34.2. The van der Waals surface area contributed by atoms with Crippen molar-refractivity contribution < 1.29 is 28.3 Å². The first-order valence-corrected chi connectivity index (χ1v) is 7.95. The highest BCUT2D eigenvalue weighted by Crippen LogP contribution is 2.42. The number of nitrogens with zero attached hydrogens (tertiary/aromatic N) is 4. The summed E-state index contributed by atoms with van der Waals surface area (Å²) in [5.74, 6) is -1.64. The number of nitro benzene ring substituents is 1. The van der Waals surface area contributed by atoms with Gasteiger partial charge in [0.2, 0.25) is 5.75 Å². The quantitative estimate of drug-likeness (QED) is 0.389. The van der Waals surface area contributed by atoms with Crippen molar-refractivity contribution in [1.29, 1.82) is 0 Å². The molecule has 2 heterocycles. The highest BCUT2D eigenvalue weighted by atomic mass is 32.1. The maximum absolute atomic E-state index is 12.8. The highest BCUT2D eigenvalue weighted by Gasteiger charge is 2.33. The number of hydrogen-bond acceptors (Lipinski definition) is 8. The minimum absolute atomic E-state index is 0.0645. The summed E-state index contributed by atoms with van der Waals surface area (Å²) in [6.07, 6.45) is -4.60. The first-order valence-electron chi connectivity index (χ1n) is 7.18. The molecule has 2 N–H and O–H groups in total. The van der Waals surface area contributed by atoms with E-state index in [1.54, 1.807) is 0 Å². The van der Waals surface area contributed by atoms with Crippen LogP contribution in [0, 0.1) is 17.0 Å². The summed E-state index contributed by atoms with van der Waals surface area (Å²) in [6, 6.07) is 4.05. The van der Waals surface area contributed by atoms with Gasteiger partial charge in [0.1, 0.15) is 11.4 Å². The van der Waals surface area contributed by atoms with Gasteiger partial charge in [-0.25, -0.2) is 4.98 Å². The molecule has 8 nitrogen and oxygen atoms in total. The topological polar surface area (TPSA) is 122 Å². The number of rotatable bonds is 3. The van der Waals surface area contributed by atoms with Crippen LogP contribution in [-0.4, -0.2) is 29.7 Å². The first kappa shape index (κ1) is 18.5. The van der Waals surface area contributed by atoms with Crippen molar-refractivity contribution >= 4 is 17.2 Å². The smallest absolute Gasteiger partial charge is 0.433 e. The number of aromatic hydroxyl groups is 2. The summed E-state index contributed by atoms with van der Waals surface area (Å²) < 4.78 is 42.1. The molecule has 0 fully saturated rings. The van der Waals surface area contributed by atoms with Crippen LogP contribution in [0.4, 0.5) is 18.9 Å². The number of aromatic nitrogens is 3. The van der Waals surface area contributed by atoms with Crippen LogP contribution >= 0.6 is 11.5 Å². The number of benzene rings is 1. The van der Waals surface area contributed by atoms with E-state index in [4.69, 9.17) is 0 Å². The number of halogens is 3. The fourth-order valence-corrected chi connectivity index (χ4v) is 3.16. The fourth-order valence-electron chi connectivity index (χ4n) is 2.40. The van der Waals surface area contributed by atoms with Gasteiger partial charge in [-0.05, 0) is 36.7 Å². The summed E-state index contributed by atoms with van der Waals surface area (Å²) in [6.45, 7) is 1.38. The zero-order valence-corrected chi connectivity index (χ0v) is 14.2. The van der Waals surface area contributed by atoms with Gasteiger partial charge >= 0.3 is 11.9 Å². The molecular weight excluding hydrogens is 389 g/mol. The summed E-state index contributed by atoms with van der Waals surface area (Å²) in [7, 11) is 0. The predicted molar refractivity (Wildman–Crippen MR) is 88.3 cm³/mol. The van der Waals surface area contributed by atoms with Crippen molar-refractivity contribution in [3.05, 3.63) is 45.8 Å². The van der Waals surface area contributed by atoms with Gasteiger partial charge in [-0.3, -0.25) is 10.1 Å². The van der Waals surface area contributed by atoms with E-state index in [0.717, 1.165) is 29.7 Å². The fraction of sp³-hybridized carbons (Fsp3) is 0.133. The van der Waals surface area contributed by atoms with E-state index in [-0.39, 0.29) is 17.0 Å². The van der Waals surface area contributed by atoms with Crippen molar-refractivity contribution in [2.75, 3.05) is 0 Å². The van der Waals surface area contributed by atoms with Gasteiger partial charge in [0.15, 0.2) is 5.75 Å². The van der Waals surface area contributed by atoms with Gasteiger partial charge < -0.3 is 10.2 Å². The largest absolute Gasteiger partial charge is 0.504 e. The number of pyridine rings is 1. The predicted octanol–water partition coefficient (Wildman–Crippen LogP) is 3.91. The molecule has 0 aliphatic rings. The zero-order valence-electron chi connectivity index (χ0n) is 13.4. The molecule has 3 rings (SSSR count). The van der Waals surface area contributed by atoms with Crippen molar-refractivity contribution in [2.24, 2.45) is 0 Å². The average Bonchev–Trinajstić information content (AvgIpc) is 3.05. The Kier molecular flexibility index (Phi) is 4.43. The molecule has 140 valence electrons. The summed E-state index contributed by atoms with van der Waals surface area (Å²) in [5.41, 5.74) is -1.26. The van der Waals surface area contributed by atoms with Gasteiger partial charge in [0.05, 0.1) is 9.80 Å². The molecule has 0 saturated heterocycles. The van der Waals surface area contributed by atoms with Crippen molar-refractivity contribution in [2.45, 2.75) is 13.1 Å². The zero-order chi connectivity index (χ0) is 19.9. The van der Waals surface area contributed by atoms with Crippen molar-refractivity contribution in [3.63, 3.8) is 0 Å². The van der Waals surface area contributed by atoms with Gasteiger partial charge in [-0.2, -0.15) is 13.2 Å². The minimum Gasteiger partial charge on any atom is -0.504 e. The minimum atomic E-state index is -4.60. The standard InChI is InChI=1S/C15H9F3N4O4S/c1-6-8(2-3-11(19-6)15(16,17)18)14-12(20-21-27-14)7-4-9(22(25)26)13(24)10(23)5-7/h2-5,23-24H,1H3. The molecule has 3 aromatic rings. The Labute approximate surface area is 152 Å². The van der Waals surface area contributed by atoms with Crippen LogP contribution < -0.4 is 0 Å². The number of nitro groups is 1. The summed E-state index contributed by atoms with van der Waals surface area (Å²) in [4.78, 5) is 14.0. The molecule has 0 radical (unpaired) electrons. The maximum Gasteiger partial charge on any atom is 0.433 e. The Hall–Kier alpha value is -3.28. The number of phenolic OH excluding ortho intramolecular Hbond substituents is 2. The van der Waals surface area contributed by atoms with E-state index in [1.165, 1.54) is 13.0 Å². The van der Waals surface area contributed by atoms with E-state index >= 15 is 0 Å². The van der Waals surface area contributed by atoms with E-state index in [0.29, 0.717) is 10.4 Å². The van der Waals surface area contributed by atoms with Gasteiger partial charge in [0, 0.05) is 22.9 Å². The second kappa shape index (κ2) is 6.46. The molecule has 0 aliphatic heterocycles. The maximum atomic E-state index is 12.8. The van der Waals surface area contributed by atoms with Gasteiger partial charge in [-0.15, -0.1) is 5.10 Å². The number of alkyl halides is 3. The Morgan fingerprint density at radius 1 is 1.22 bits per heavy atom. The number of aryl methyl sites for hydroxylation is 1. The van der Waals surface area contributed by atoms with Crippen LogP contribution in [0.15, 0.2) is 24.3 Å². The van der Waals surface area contributed by atoms with Crippen molar-refractivity contribution in [1.82, 2.24) is 14.6 Å². The molecule has 0 atom stereocenters. The molecule has 0 aliphatic carbocycles. The van der Waals surface area contributed by atoms with Gasteiger partial charge in [-0.1, -0.05) is 4.49 Å². The van der Waals surface area contributed by atoms with Crippen LogP contribution in [0.1, 0.15) is 11.4 Å². The molecule has 12 heteroatoms. The lowest BCUT2D eigenvalue weighted by Gasteiger charge is -2.10. The summed E-state index contributed by atoms with van der Waals surface area (Å²) >= 11 is 0.853. The monoisotopic (exact) mass is 398 g/mol. The van der Waals surface area contributed by atoms with E-state index in [9.17, 15) is 33.5 Å². The molecule has 0 spiro atoms. The molecule has 0 amide bonds. The third-order valence-electron chi connectivity index (χ3n) is 3.65. The van der Waals surface area contributed by atoms with Crippen LogP contribution in [0.5, 0.6) is 11.5 Å². The molecule has 27 heavy (non-hydrogen) atoms. The molecule has 0 saturated carbocycles. The third-order valence-corrected chi connectivity index (χ3v) is 4.41. The first-order chi connectivity index (χ1) is 12.6. The van der Waals surface area contributed by atoms with E-state index in [2.05, 4.69) is 14.6 Å². The third kappa shape index (κ3) is 3.38. The lowest BCUT2D eigenvalue weighted by molar-refractivity contribution is -0.385. The molecular formula is C15H9F3N4O4S. The molecule has 0 unspecified atom stereocenters. The van der Waals surface area contributed by atoms with Crippen LogP contribution in [0.2, 0.25) is 0 Å². The Morgan fingerprint density at radius 2 is 1.93 bits per heavy atom. The van der Waals surface area contributed by atoms with Crippen LogP contribution in [0.3, 0.4) is 0 Å². The lowest BCUT2D eigenvalue weighted by Crippen LogP contribution is -2.08. The Morgan fingerprint density at radius 3 is 2.52 bits per heavy atom. The molecule has 1 aromatic carbocycles. The number of phenols is 2. The second-order valence-electron chi connectivity index (χ2n) is 5.40. The average molecular weight is 398 g/mol. The van der Waals surface area contributed by atoms with Crippen molar-refractivity contribution in [3.8, 4) is 33.2 Å². The van der Waals surface area contributed by atoms with E-state index in [1.807, 2.05) is 0 Å². The second-order valence-corrected chi connectivity index (χ2v) is 6.15. The Bertz CT molecular complexity index is 1050. The van der Waals surface area contributed by atoms with Gasteiger partial charge in [0.25, 0.3) is 0 Å². The normalized spacial score (nSPS) is 11.6. The molecule has 2 aromatic heterocycles. The lowest BCUT2D eigenvalue weighted by atomic mass is 10.0. The highest BCUT2D eigenvalue weighted by molar-refractivity contribution is 7.09. The van der Waals surface area contributed by atoms with E-state index < -0.39 is 34.0 Å². The SMILES string of the molecule is Cc1nc(C(F)(F)F)ccc1-c1snnc1-c1cc(O)c(O)c([N+](=O)[O-])c1. The van der Waals surface area contributed by atoms with Crippen LogP contribution in [-0.2, 0) is 6.18 Å². The van der Waals surface area contributed by atoms with Crippen LogP contribution in [0.25, 0.3) is 21.7 Å². The number of hydrogen-bond donors (Lipinski definition) is 2. The molecule has 0 bridgehead atoms.